The maximum Gasteiger partial charge on any atom is 0.0696 e. The first kappa shape index (κ1) is 11.9. The number of nitrogens with zero attached hydrogens (tertiary/aromatic N) is 3. The molecule has 17 heavy (non-hydrogen) atoms. The van der Waals surface area contributed by atoms with E-state index in [0.717, 1.165) is 30.8 Å². The van der Waals surface area contributed by atoms with Crippen molar-refractivity contribution in [3.63, 3.8) is 0 Å². The third-order valence-electron chi connectivity index (χ3n) is 2.91. The van der Waals surface area contributed by atoms with E-state index in [-0.39, 0.29) is 6.61 Å². The molecule has 0 aliphatic rings. The fourth-order valence-electron chi connectivity index (χ4n) is 1.96. The van der Waals surface area contributed by atoms with Gasteiger partial charge in [-0.15, -0.1) is 0 Å². The standard InChI is InChI=1S/C13H19N3O/c1-3-12-7-13(16(4-2)14-12)9-15-6-5-11(8-15)10-17/h5-8,17H,3-4,9-10H2,1-2H3. The Hall–Kier alpha value is -1.55. The van der Waals surface area contributed by atoms with Crippen LogP contribution in [-0.2, 0) is 26.1 Å². The molecule has 0 bridgehead atoms. The minimum Gasteiger partial charge on any atom is -0.392 e. The second-order valence-corrected chi connectivity index (χ2v) is 4.15. The smallest absolute Gasteiger partial charge is 0.0696 e. The van der Waals surface area contributed by atoms with Crippen LogP contribution in [0.25, 0.3) is 0 Å². The number of aliphatic hydroxyl groups excluding tert-OH is 1. The minimum atomic E-state index is 0.0975. The molecule has 0 saturated carbocycles. The summed E-state index contributed by atoms with van der Waals surface area (Å²) in [5.41, 5.74) is 3.30. The third-order valence-corrected chi connectivity index (χ3v) is 2.91. The molecule has 0 amide bonds. The Morgan fingerprint density at radius 1 is 1.35 bits per heavy atom. The Balaban J connectivity index is 2.19. The fraction of sp³-hybridized carbons (Fsp3) is 0.462. The van der Waals surface area contributed by atoms with Crippen molar-refractivity contribution in [1.29, 1.82) is 0 Å². The van der Waals surface area contributed by atoms with Crippen molar-refractivity contribution < 1.29 is 5.11 Å². The summed E-state index contributed by atoms with van der Waals surface area (Å²) in [4.78, 5) is 0. The Labute approximate surface area is 101 Å². The van der Waals surface area contributed by atoms with Gasteiger partial charge in [0.15, 0.2) is 0 Å². The average molecular weight is 233 g/mol. The van der Waals surface area contributed by atoms with Crippen molar-refractivity contribution in [2.45, 2.75) is 40.0 Å². The number of rotatable bonds is 5. The summed E-state index contributed by atoms with van der Waals surface area (Å²) in [6.45, 7) is 6.01. The monoisotopic (exact) mass is 233 g/mol. The van der Waals surface area contributed by atoms with E-state index in [9.17, 15) is 0 Å². The van der Waals surface area contributed by atoms with Crippen molar-refractivity contribution >= 4 is 0 Å². The van der Waals surface area contributed by atoms with Crippen LogP contribution in [0.4, 0.5) is 0 Å². The molecule has 2 aromatic heterocycles. The summed E-state index contributed by atoms with van der Waals surface area (Å²) in [6.07, 6.45) is 4.93. The van der Waals surface area contributed by atoms with E-state index >= 15 is 0 Å². The van der Waals surface area contributed by atoms with Gasteiger partial charge in [0.2, 0.25) is 0 Å². The highest BCUT2D eigenvalue weighted by Crippen LogP contribution is 2.09. The van der Waals surface area contributed by atoms with Gasteiger partial charge in [-0.2, -0.15) is 5.10 Å². The summed E-state index contributed by atoms with van der Waals surface area (Å²) >= 11 is 0. The highest BCUT2D eigenvalue weighted by atomic mass is 16.3. The lowest BCUT2D eigenvalue weighted by Gasteiger charge is -2.05. The molecule has 2 heterocycles. The first-order valence-corrected chi connectivity index (χ1v) is 6.08. The molecule has 1 N–H and O–H groups in total. The largest absolute Gasteiger partial charge is 0.392 e. The second-order valence-electron chi connectivity index (χ2n) is 4.15. The number of hydrogen-bond donors (Lipinski definition) is 1. The molecule has 2 aromatic rings. The number of hydrogen-bond acceptors (Lipinski definition) is 2. The molecule has 0 spiro atoms. The summed E-state index contributed by atoms with van der Waals surface area (Å²) in [7, 11) is 0. The Morgan fingerprint density at radius 3 is 2.76 bits per heavy atom. The van der Waals surface area contributed by atoms with E-state index in [0.29, 0.717) is 0 Å². The zero-order chi connectivity index (χ0) is 12.3. The van der Waals surface area contributed by atoms with Crippen LogP contribution in [0, 0.1) is 0 Å². The normalized spacial score (nSPS) is 11.0. The van der Waals surface area contributed by atoms with Crippen LogP contribution in [0.15, 0.2) is 24.5 Å². The molecule has 0 atom stereocenters. The molecule has 4 nitrogen and oxygen atoms in total. The van der Waals surface area contributed by atoms with E-state index in [1.54, 1.807) is 0 Å². The number of aliphatic hydroxyl groups is 1. The quantitative estimate of drug-likeness (QED) is 0.855. The van der Waals surface area contributed by atoms with E-state index in [4.69, 9.17) is 5.11 Å². The van der Waals surface area contributed by atoms with Crippen molar-refractivity contribution in [3.8, 4) is 0 Å². The Kier molecular flexibility index (Phi) is 3.64. The molecular formula is C13H19N3O. The zero-order valence-corrected chi connectivity index (χ0v) is 10.4. The Morgan fingerprint density at radius 2 is 2.18 bits per heavy atom. The summed E-state index contributed by atoms with van der Waals surface area (Å²) in [5, 5.41) is 13.6. The molecule has 0 aromatic carbocycles. The van der Waals surface area contributed by atoms with E-state index in [1.165, 1.54) is 5.69 Å². The summed E-state index contributed by atoms with van der Waals surface area (Å²) in [5.74, 6) is 0. The number of aryl methyl sites for hydroxylation is 2. The number of aromatic nitrogens is 3. The lowest BCUT2D eigenvalue weighted by Crippen LogP contribution is -2.06. The molecule has 0 fully saturated rings. The fourth-order valence-corrected chi connectivity index (χ4v) is 1.96. The molecule has 2 rings (SSSR count). The lowest BCUT2D eigenvalue weighted by molar-refractivity contribution is 0.281. The van der Waals surface area contributed by atoms with Gasteiger partial charge in [-0.25, -0.2) is 0 Å². The van der Waals surface area contributed by atoms with Crippen molar-refractivity contribution in [2.24, 2.45) is 0 Å². The second kappa shape index (κ2) is 5.19. The average Bonchev–Trinajstić information content (AvgIpc) is 2.95. The Bertz CT molecular complexity index is 485. The highest BCUT2D eigenvalue weighted by molar-refractivity contribution is 5.14. The first-order valence-electron chi connectivity index (χ1n) is 6.08. The van der Waals surface area contributed by atoms with Gasteiger partial charge in [-0.1, -0.05) is 6.92 Å². The topological polar surface area (TPSA) is 43.0 Å². The van der Waals surface area contributed by atoms with E-state index in [1.807, 2.05) is 23.1 Å². The van der Waals surface area contributed by atoms with Gasteiger partial charge in [0.05, 0.1) is 24.5 Å². The van der Waals surface area contributed by atoms with Gasteiger partial charge in [0, 0.05) is 18.9 Å². The lowest BCUT2D eigenvalue weighted by atomic mass is 10.3. The summed E-state index contributed by atoms with van der Waals surface area (Å²) < 4.78 is 4.12. The molecule has 0 radical (unpaired) electrons. The van der Waals surface area contributed by atoms with Crippen LogP contribution >= 0.6 is 0 Å². The van der Waals surface area contributed by atoms with Crippen LogP contribution < -0.4 is 0 Å². The maximum atomic E-state index is 9.03. The van der Waals surface area contributed by atoms with Crippen LogP contribution in [0.3, 0.4) is 0 Å². The highest BCUT2D eigenvalue weighted by Gasteiger charge is 2.06. The maximum absolute atomic E-state index is 9.03. The zero-order valence-electron chi connectivity index (χ0n) is 10.4. The van der Waals surface area contributed by atoms with Crippen LogP contribution in [-0.4, -0.2) is 19.5 Å². The van der Waals surface area contributed by atoms with Gasteiger partial charge in [-0.05, 0) is 31.0 Å². The van der Waals surface area contributed by atoms with Gasteiger partial charge < -0.3 is 9.67 Å². The van der Waals surface area contributed by atoms with Gasteiger partial charge in [-0.3, -0.25) is 4.68 Å². The molecular weight excluding hydrogens is 214 g/mol. The minimum absolute atomic E-state index is 0.0975. The van der Waals surface area contributed by atoms with E-state index in [2.05, 4.69) is 29.6 Å². The van der Waals surface area contributed by atoms with E-state index < -0.39 is 0 Å². The van der Waals surface area contributed by atoms with Crippen LogP contribution in [0.5, 0.6) is 0 Å². The van der Waals surface area contributed by atoms with Gasteiger partial charge in [0.1, 0.15) is 0 Å². The first-order chi connectivity index (χ1) is 8.26. The van der Waals surface area contributed by atoms with Crippen molar-refractivity contribution in [3.05, 3.63) is 41.5 Å². The summed E-state index contributed by atoms with van der Waals surface area (Å²) in [6, 6.07) is 4.09. The van der Waals surface area contributed by atoms with Crippen molar-refractivity contribution in [1.82, 2.24) is 14.3 Å². The van der Waals surface area contributed by atoms with Crippen molar-refractivity contribution in [2.75, 3.05) is 0 Å². The molecule has 4 heteroatoms. The van der Waals surface area contributed by atoms with Crippen LogP contribution in [0.1, 0.15) is 30.8 Å². The molecule has 0 unspecified atom stereocenters. The predicted octanol–water partition coefficient (Wildman–Crippen LogP) is 1.81. The molecule has 0 saturated heterocycles. The predicted molar refractivity (Wildman–Crippen MR) is 66.7 cm³/mol. The van der Waals surface area contributed by atoms with Gasteiger partial charge >= 0.3 is 0 Å². The molecule has 92 valence electrons. The van der Waals surface area contributed by atoms with Gasteiger partial charge in [0.25, 0.3) is 0 Å². The third kappa shape index (κ3) is 2.58. The SMILES string of the molecule is CCc1cc(Cn2ccc(CO)c2)n(CC)n1. The molecule has 0 aliphatic carbocycles. The van der Waals surface area contributed by atoms with Crippen LogP contribution in [0.2, 0.25) is 0 Å². The molecule has 0 aliphatic heterocycles.